The summed E-state index contributed by atoms with van der Waals surface area (Å²) in [6.07, 6.45) is 0. The van der Waals surface area contributed by atoms with E-state index >= 15 is 0 Å². The molecule has 1 nitrogen and oxygen atoms in total. The first-order valence-corrected chi connectivity index (χ1v) is 4.30. The second-order valence-electron chi connectivity index (χ2n) is 2.46. The van der Waals surface area contributed by atoms with Crippen LogP contribution in [0.1, 0.15) is 0 Å². The molecule has 0 fully saturated rings. The lowest BCUT2D eigenvalue weighted by molar-refractivity contribution is 1.71. The van der Waals surface area contributed by atoms with Crippen LogP contribution in [-0.2, 0) is 0 Å². The molecule has 0 bridgehead atoms. The Hall–Kier alpha value is -0.860. The molecule has 0 spiro atoms. The Morgan fingerprint density at radius 1 is 0.833 bits per heavy atom. The zero-order valence-electron chi connectivity index (χ0n) is 6.63. The number of halogens is 1. The van der Waals surface area contributed by atoms with Crippen molar-refractivity contribution in [3.63, 3.8) is 0 Å². The Morgan fingerprint density at radius 2 is 1.50 bits per heavy atom. The Morgan fingerprint density at radius 3 is 2.25 bits per heavy atom. The topological polar surface area (TPSA) is 35.0 Å². The van der Waals surface area contributed by atoms with E-state index < -0.39 is 0 Å². The van der Waals surface area contributed by atoms with Gasteiger partial charge in [0.2, 0.25) is 0 Å². The molecular weight excluding hydrogens is 214 g/mol. The van der Waals surface area contributed by atoms with Crippen LogP contribution < -0.4 is 6.15 Å². The lowest BCUT2D eigenvalue weighted by Gasteiger charge is -1.97. The minimum Gasteiger partial charge on any atom is -0.344 e. The van der Waals surface area contributed by atoms with Gasteiger partial charge in [-0.25, -0.2) is 0 Å². The molecule has 2 heteroatoms. The van der Waals surface area contributed by atoms with Crippen LogP contribution in [0.4, 0.5) is 0 Å². The van der Waals surface area contributed by atoms with Crippen LogP contribution in [0.25, 0.3) is 10.8 Å². The lowest BCUT2D eigenvalue weighted by atomic mass is 10.1. The van der Waals surface area contributed by atoms with E-state index in [2.05, 4.69) is 46.3 Å². The molecule has 0 aromatic heterocycles. The molecular formula is C10H10BrN. The molecule has 0 atom stereocenters. The van der Waals surface area contributed by atoms with Crippen LogP contribution >= 0.6 is 15.9 Å². The Balaban J connectivity index is 0.000000720. The average Bonchev–Trinajstić information content (AvgIpc) is 2.06. The maximum Gasteiger partial charge on any atom is 0.0253 e. The molecule has 0 saturated carbocycles. The van der Waals surface area contributed by atoms with Gasteiger partial charge in [-0.3, -0.25) is 0 Å². The quantitative estimate of drug-likeness (QED) is 0.726. The molecule has 62 valence electrons. The maximum atomic E-state index is 3.50. The fourth-order valence-corrected chi connectivity index (χ4v) is 1.70. The highest BCUT2D eigenvalue weighted by molar-refractivity contribution is 9.10. The van der Waals surface area contributed by atoms with Crippen LogP contribution in [0.5, 0.6) is 0 Å². The van der Waals surface area contributed by atoms with E-state index in [1.807, 2.05) is 12.1 Å². The van der Waals surface area contributed by atoms with E-state index in [9.17, 15) is 0 Å². The summed E-state index contributed by atoms with van der Waals surface area (Å²) in [5, 5.41) is 2.55. The first kappa shape index (κ1) is 9.23. The number of hydrogen-bond acceptors (Lipinski definition) is 1. The van der Waals surface area contributed by atoms with Crippen LogP contribution in [-0.4, -0.2) is 0 Å². The number of benzene rings is 2. The summed E-state index contributed by atoms with van der Waals surface area (Å²) in [6.45, 7) is 0. The van der Waals surface area contributed by atoms with Crippen molar-refractivity contribution < 1.29 is 0 Å². The maximum absolute atomic E-state index is 3.50. The van der Waals surface area contributed by atoms with Crippen LogP contribution in [0.2, 0.25) is 0 Å². The molecule has 2 aromatic rings. The number of hydrogen-bond donors (Lipinski definition) is 1. The summed E-state index contributed by atoms with van der Waals surface area (Å²) >= 11 is 3.50. The molecule has 2 rings (SSSR count). The van der Waals surface area contributed by atoms with Gasteiger partial charge in [0, 0.05) is 4.47 Å². The normalized spacial score (nSPS) is 9.42. The summed E-state index contributed by atoms with van der Waals surface area (Å²) in [5.74, 6) is 0. The average molecular weight is 224 g/mol. The van der Waals surface area contributed by atoms with Crippen molar-refractivity contribution in [2.75, 3.05) is 0 Å². The zero-order chi connectivity index (χ0) is 7.68. The SMILES string of the molecule is Brc1cccc2ccccc12.N. The Labute approximate surface area is 80.1 Å². The minimum absolute atomic E-state index is 0. The summed E-state index contributed by atoms with van der Waals surface area (Å²) in [6, 6.07) is 14.5. The van der Waals surface area contributed by atoms with Gasteiger partial charge in [0.25, 0.3) is 0 Å². The van der Waals surface area contributed by atoms with E-state index in [1.54, 1.807) is 0 Å². The fraction of sp³-hybridized carbons (Fsp3) is 0. The van der Waals surface area contributed by atoms with E-state index in [0.717, 1.165) is 4.47 Å². The molecule has 2 aromatic carbocycles. The van der Waals surface area contributed by atoms with Gasteiger partial charge in [-0.2, -0.15) is 0 Å². The fourth-order valence-electron chi connectivity index (χ4n) is 1.19. The molecule has 0 saturated heterocycles. The summed E-state index contributed by atoms with van der Waals surface area (Å²) in [4.78, 5) is 0. The highest BCUT2D eigenvalue weighted by Crippen LogP contribution is 2.22. The second kappa shape index (κ2) is 3.70. The van der Waals surface area contributed by atoms with Gasteiger partial charge in [0.15, 0.2) is 0 Å². The zero-order valence-corrected chi connectivity index (χ0v) is 8.21. The third kappa shape index (κ3) is 1.49. The first-order chi connectivity index (χ1) is 5.38. The highest BCUT2D eigenvalue weighted by Gasteiger charge is 1.93. The number of fused-ring (bicyclic) bond motifs is 1. The van der Waals surface area contributed by atoms with Crippen molar-refractivity contribution in [3.8, 4) is 0 Å². The van der Waals surface area contributed by atoms with Crippen LogP contribution in [0, 0.1) is 0 Å². The van der Waals surface area contributed by atoms with Gasteiger partial charge in [0.05, 0.1) is 0 Å². The van der Waals surface area contributed by atoms with Gasteiger partial charge in [0.1, 0.15) is 0 Å². The van der Waals surface area contributed by atoms with Crippen LogP contribution in [0.3, 0.4) is 0 Å². The molecule has 0 heterocycles. The third-order valence-corrected chi connectivity index (χ3v) is 2.43. The summed E-state index contributed by atoms with van der Waals surface area (Å²) < 4.78 is 1.16. The molecule has 0 aliphatic carbocycles. The summed E-state index contributed by atoms with van der Waals surface area (Å²) in [5.41, 5.74) is 0. The van der Waals surface area contributed by atoms with Gasteiger partial charge in [-0.05, 0) is 16.8 Å². The van der Waals surface area contributed by atoms with E-state index in [1.165, 1.54) is 10.8 Å². The van der Waals surface area contributed by atoms with Crippen molar-refractivity contribution in [2.24, 2.45) is 0 Å². The van der Waals surface area contributed by atoms with Gasteiger partial charge < -0.3 is 6.15 Å². The van der Waals surface area contributed by atoms with Gasteiger partial charge >= 0.3 is 0 Å². The molecule has 0 unspecified atom stereocenters. The Bertz CT molecular complexity index is 379. The molecule has 0 aliphatic rings. The van der Waals surface area contributed by atoms with Crippen molar-refractivity contribution in [1.29, 1.82) is 0 Å². The van der Waals surface area contributed by atoms with Crippen molar-refractivity contribution in [3.05, 3.63) is 46.9 Å². The van der Waals surface area contributed by atoms with Crippen molar-refractivity contribution in [2.45, 2.75) is 0 Å². The van der Waals surface area contributed by atoms with E-state index in [-0.39, 0.29) is 6.15 Å². The largest absolute Gasteiger partial charge is 0.344 e. The Kier molecular flexibility index (Phi) is 2.84. The predicted octanol–water partition coefficient (Wildman–Crippen LogP) is 3.76. The molecule has 3 N–H and O–H groups in total. The predicted molar refractivity (Wildman–Crippen MR) is 56.7 cm³/mol. The van der Waals surface area contributed by atoms with Crippen molar-refractivity contribution >= 4 is 26.7 Å². The smallest absolute Gasteiger partial charge is 0.0253 e. The second-order valence-corrected chi connectivity index (χ2v) is 3.32. The molecule has 0 aliphatic heterocycles. The minimum atomic E-state index is 0. The first-order valence-electron chi connectivity index (χ1n) is 3.51. The lowest BCUT2D eigenvalue weighted by Crippen LogP contribution is -1.71. The van der Waals surface area contributed by atoms with E-state index in [0.29, 0.717) is 0 Å². The standard InChI is InChI=1S/C10H7Br.H3N/c11-10-7-3-5-8-4-1-2-6-9(8)10;/h1-7H;1H3. The third-order valence-electron chi connectivity index (χ3n) is 1.74. The highest BCUT2D eigenvalue weighted by atomic mass is 79.9. The molecule has 12 heavy (non-hydrogen) atoms. The van der Waals surface area contributed by atoms with Crippen molar-refractivity contribution in [1.82, 2.24) is 6.15 Å². The monoisotopic (exact) mass is 223 g/mol. The molecule has 0 amide bonds. The number of rotatable bonds is 0. The van der Waals surface area contributed by atoms with Gasteiger partial charge in [-0.1, -0.05) is 52.3 Å². The molecule has 0 radical (unpaired) electrons. The van der Waals surface area contributed by atoms with Gasteiger partial charge in [-0.15, -0.1) is 0 Å². The summed E-state index contributed by atoms with van der Waals surface area (Å²) in [7, 11) is 0. The van der Waals surface area contributed by atoms with Crippen LogP contribution in [0.15, 0.2) is 46.9 Å². The van der Waals surface area contributed by atoms with E-state index in [4.69, 9.17) is 0 Å².